The van der Waals surface area contributed by atoms with Gasteiger partial charge in [0.05, 0.1) is 5.56 Å². The molecule has 5 nitrogen and oxygen atoms in total. The molecule has 0 radical (unpaired) electrons. The summed E-state index contributed by atoms with van der Waals surface area (Å²) in [4.78, 5) is 33.6. The molecule has 1 saturated heterocycles. The van der Waals surface area contributed by atoms with Crippen molar-refractivity contribution in [2.45, 2.75) is 50.9 Å². The number of hydrogen-bond acceptors (Lipinski definition) is 3. The van der Waals surface area contributed by atoms with E-state index in [-0.39, 0.29) is 23.1 Å². The molecule has 0 bridgehead atoms. The minimum Gasteiger partial charge on any atom is -0.343 e. The van der Waals surface area contributed by atoms with Gasteiger partial charge in [0, 0.05) is 45.0 Å². The van der Waals surface area contributed by atoms with Gasteiger partial charge in [-0.2, -0.15) is 0 Å². The number of rotatable bonds is 5. The molecule has 1 fully saturated rings. The summed E-state index contributed by atoms with van der Waals surface area (Å²) >= 11 is 0. The first-order valence-corrected chi connectivity index (χ1v) is 11.1. The topological polar surface area (TPSA) is 53.5 Å². The molecule has 1 aromatic heterocycles. The number of amides is 2. The van der Waals surface area contributed by atoms with Gasteiger partial charge in [-0.15, -0.1) is 0 Å². The molecule has 2 aromatic rings. The van der Waals surface area contributed by atoms with Crippen LogP contribution in [0.5, 0.6) is 0 Å². The Hall–Kier alpha value is -2.69. The number of aromatic nitrogens is 1. The molecule has 2 heterocycles. The summed E-state index contributed by atoms with van der Waals surface area (Å²) in [5, 5.41) is 0. The average Bonchev–Trinajstić information content (AvgIpc) is 3.08. The Labute approximate surface area is 179 Å². The highest BCUT2D eigenvalue weighted by Gasteiger charge is 2.46. The van der Waals surface area contributed by atoms with Crippen LogP contribution in [0.2, 0.25) is 0 Å². The van der Waals surface area contributed by atoms with E-state index in [1.165, 1.54) is 11.1 Å². The van der Waals surface area contributed by atoms with Gasteiger partial charge in [0.1, 0.15) is 0 Å². The smallest absolute Gasteiger partial charge is 0.255 e. The largest absolute Gasteiger partial charge is 0.343 e. The number of fused-ring (bicyclic) bond motifs is 2. The second-order valence-electron chi connectivity index (χ2n) is 8.57. The van der Waals surface area contributed by atoms with Gasteiger partial charge in [-0.05, 0) is 67.7 Å². The van der Waals surface area contributed by atoms with Gasteiger partial charge in [0.25, 0.3) is 5.91 Å². The first-order chi connectivity index (χ1) is 14.6. The number of hydrogen-bond donors (Lipinski definition) is 0. The summed E-state index contributed by atoms with van der Waals surface area (Å²) in [5.74, 6) is 0.591. The molecule has 5 heteroatoms. The average molecular weight is 406 g/mol. The zero-order chi connectivity index (χ0) is 21.1. The van der Waals surface area contributed by atoms with Crippen molar-refractivity contribution in [3.8, 4) is 0 Å². The van der Waals surface area contributed by atoms with E-state index >= 15 is 0 Å². The number of pyridine rings is 1. The Bertz CT molecular complexity index is 900. The highest BCUT2D eigenvalue weighted by molar-refractivity contribution is 5.94. The molecule has 4 rings (SSSR count). The van der Waals surface area contributed by atoms with Gasteiger partial charge in [0.2, 0.25) is 5.91 Å². The Kier molecular flexibility index (Phi) is 5.89. The number of carbonyl (C=O) groups excluding carboxylic acids is 2. The molecular formula is C25H31N3O2. The maximum absolute atomic E-state index is 12.8. The van der Waals surface area contributed by atoms with Crippen molar-refractivity contribution in [3.63, 3.8) is 0 Å². The highest BCUT2D eigenvalue weighted by atomic mass is 16.2. The van der Waals surface area contributed by atoms with Crippen LogP contribution in [0.25, 0.3) is 0 Å². The van der Waals surface area contributed by atoms with Crippen molar-refractivity contribution in [2.75, 3.05) is 26.2 Å². The summed E-state index contributed by atoms with van der Waals surface area (Å²) in [6, 6.07) is 12.3. The summed E-state index contributed by atoms with van der Waals surface area (Å²) < 4.78 is 0. The molecule has 0 N–H and O–H groups in total. The molecule has 30 heavy (non-hydrogen) atoms. The molecule has 1 atom stereocenters. The Morgan fingerprint density at radius 2 is 1.83 bits per heavy atom. The second-order valence-corrected chi connectivity index (χ2v) is 8.57. The van der Waals surface area contributed by atoms with Crippen LogP contribution in [0.4, 0.5) is 0 Å². The van der Waals surface area contributed by atoms with Crippen LogP contribution in [-0.2, 0) is 10.2 Å². The molecule has 1 aromatic carbocycles. The van der Waals surface area contributed by atoms with Crippen LogP contribution in [-0.4, -0.2) is 52.8 Å². The van der Waals surface area contributed by atoms with E-state index in [1.807, 2.05) is 35.8 Å². The summed E-state index contributed by atoms with van der Waals surface area (Å²) in [6.07, 6.45) is 6.83. The van der Waals surface area contributed by atoms with Gasteiger partial charge in [0.15, 0.2) is 0 Å². The van der Waals surface area contributed by atoms with Crippen LogP contribution in [0, 0.1) is 0 Å². The molecule has 2 amide bonds. The number of carbonyl (C=O) groups is 2. The van der Waals surface area contributed by atoms with E-state index in [0.29, 0.717) is 12.0 Å². The van der Waals surface area contributed by atoms with Gasteiger partial charge >= 0.3 is 0 Å². The minimum atomic E-state index is 0.0671. The lowest BCUT2D eigenvalue weighted by Gasteiger charge is -2.40. The first kappa shape index (κ1) is 20.6. The highest BCUT2D eigenvalue weighted by Crippen LogP contribution is 2.52. The van der Waals surface area contributed by atoms with Crippen molar-refractivity contribution in [1.29, 1.82) is 0 Å². The molecule has 1 aliphatic carbocycles. The monoisotopic (exact) mass is 405 g/mol. The van der Waals surface area contributed by atoms with E-state index < -0.39 is 0 Å². The van der Waals surface area contributed by atoms with Crippen LogP contribution >= 0.6 is 0 Å². The zero-order valence-electron chi connectivity index (χ0n) is 18.0. The summed E-state index contributed by atoms with van der Waals surface area (Å²) in [7, 11) is 0. The third kappa shape index (κ3) is 3.73. The van der Waals surface area contributed by atoms with Crippen LogP contribution in [0.15, 0.2) is 48.8 Å². The Balaban J connectivity index is 1.50. The van der Waals surface area contributed by atoms with E-state index in [2.05, 4.69) is 29.2 Å². The maximum Gasteiger partial charge on any atom is 0.255 e. The zero-order valence-corrected chi connectivity index (χ0v) is 18.0. The van der Waals surface area contributed by atoms with E-state index in [1.54, 1.807) is 12.4 Å². The third-order valence-corrected chi connectivity index (χ3v) is 7.06. The summed E-state index contributed by atoms with van der Waals surface area (Å²) in [6.45, 7) is 7.11. The van der Waals surface area contributed by atoms with Crippen molar-refractivity contribution in [2.24, 2.45) is 0 Å². The fourth-order valence-electron chi connectivity index (χ4n) is 5.41. The lowest BCUT2D eigenvalue weighted by molar-refractivity contribution is -0.131. The second kappa shape index (κ2) is 8.58. The van der Waals surface area contributed by atoms with Crippen molar-refractivity contribution >= 4 is 11.8 Å². The van der Waals surface area contributed by atoms with Gasteiger partial charge in [-0.1, -0.05) is 24.3 Å². The van der Waals surface area contributed by atoms with Crippen molar-refractivity contribution < 1.29 is 9.59 Å². The fourth-order valence-corrected chi connectivity index (χ4v) is 5.41. The maximum atomic E-state index is 12.8. The molecular weight excluding hydrogens is 374 g/mol. The quantitative estimate of drug-likeness (QED) is 0.755. The third-order valence-electron chi connectivity index (χ3n) is 7.06. The van der Waals surface area contributed by atoms with Crippen LogP contribution < -0.4 is 0 Å². The van der Waals surface area contributed by atoms with E-state index in [0.717, 1.165) is 45.4 Å². The normalized spacial score (nSPS) is 19.5. The van der Waals surface area contributed by atoms with Crippen LogP contribution in [0.3, 0.4) is 0 Å². The number of nitrogens with zero attached hydrogens (tertiary/aromatic N) is 3. The lowest BCUT2D eigenvalue weighted by Crippen LogP contribution is -2.44. The molecule has 0 saturated carbocycles. The number of benzene rings is 1. The summed E-state index contributed by atoms with van der Waals surface area (Å²) in [5.41, 5.74) is 3.47. The van der Waals surface area contributed by atoms with E-state index in [9.17, 15) is 9.59 Å². The molecule has 1 aliphatic heterocycles. The number of piperidine rings is 1. The van der Waals surface area contributed by atoms with Crippen molar-refractivity contribution in [1.82, 2.24) is 14.8 Å². The predicted octanol–water partition coefficient (Wildman–Crippen LogP) is 4.00. The SMILES string of the molecule is CCN(CC)C(=O)C[C@@H]1CC2(CCN(C(=O)c3cccnc3)CC2)c2ccccc21. The Morgan fingerprint density at radius 1 is 1.10 bits per heavy atom. The predicted molar refractivity (Wildman–Crippen MR) is 117 cm³/mol. The first-order valence-electron chi connectivity index (χ1n) is 11.1. The Morgan fingerprint density at radius 3 is 2.50 bits per heavy atom. The van der Waals surface area contributed by atoms with Crippen LogP contribution in [0.1, 0.15) is 66.9 Å². The lowest BCUT2D eigenvalue weighted by atomic mass is 9.73. The van der Waals surface area contributed by atoms with Gasteiger partial charge in [-0.25, -0.2) is 0 Å². The minimum absolute atomic E-state index is 0.0671. The molecule has 2 aliphatic rings. The standard InChI is InChI=1S/C25H31N3O2/c1-3-27(4-2)23(29)16-20-17-25(22-10-6-5-9-21(20)22)11-14-28(15-12-25)24(30)19-8-7-13-26-18-19/h5-10,13,18,20H,3-4,11-12,14-17H2,1-2H3/t20-/m1/s1. The fraction of sp³-hybridized carbons (Fsp3) is 0.480. The van der Waals surface area contributed by atoms with Gasteiger partial charge in [-0.3, -0.25) is 14.6 Å². The van der Waals surface area contributed by atoms with Gasteiger partial charge < -0.3 is 9.80 Å². The van der Waals surface area contributed by atoms with E-state index in [4.69, 9.17) is 0 Å². The number of likely N-dealkylation sites (tertiary alicyclic amines) is 1. The molecule has 1 spiro atoms. The molecule has 0 unspecified atom stereocenters. The van der Waals surface area contributed by atoms with Crippen molar-refractivity contribution in [3.05, 3.63) is 65.5 Å². The molecule has 158 valence electrons.